The minimum Gasteiger partial charge on any atom is -0.312 e. The number of unbranched alkanes of at least 4 members (excludes halogenated alkanes) is 6. The summed E-state index contributed by atoms with van der Waals surface area (Å²) in [5.74, 6) is 0. The van der Waals surface area contributed by atoms with E-state index < -0.39 is 7.60 Å². The summed E-state index contributed by atoms with van der Waals surface area (Å²) < 4.78 is 23.9. The Morgan fingerprint density at radius 2 is 1.38 bits per heavy atom. The van der Waals surface area contributed by atoms with Gasteiger partial charge in [-0.3, -0.25) is 4.57 Å². The number of rotatable bonds is 14. The lowest BCUT2D eigenvalue weighted by molar-refractivity contribution is 0.158. The van der Waals surface area contributed by atoms with E-state index in [9.17, 15) is 4.57 Å². The molecule has 3 unspecified atom stereocenters. The summed E-state index contributed by atoms with van der Waals surface area (Å²) in [6, 6.07) is 0. The molecule has 3 atom stereocenters. The lowest BCUT2D eigenvalue weighted by atomic mass is 10.1. The van der Waals surface area contributed by atoms with Gasteiger partial charge in [0.25, 0.3) is 0 Å². The molecule has 0 amide bonds. The average molecular weight is 320 g/mol. The second-order valence-corrected chi connectivity index (χ2v) is 8.72. The maximum Gasteiger partial charge on any atom is 0.333 e. The Hall–Kier alpha value is 0.150. The van der Waals surface area contributed by atoms with Gasteiger partial charge in [0.05, 0.1) is 11.8 Å². The van der Waals surface area contributed by atoms with Crippen molar-refractivity contribution in [2.24, 2.45) is 0 Å². The van der Waals surface area contributed by atoms with Gasteiger partial charge in [0, 0.05) is 7.11 Å². The van der Waals surface area contributed by atoms with Crippen molar-refractivity contribution in [2.75, 3.05) is 7.11 Å². The van der Waals surface area contributed by atoms with E-state index in [-0.39, 0.29) is 11.8 Å². The first kappa shape index (κ1) is 21.1. The first-order valence-electron chi connectivity index (χ1n) is 8.84. The van der Waals surface area contributed by atoms with Crippen LogP contribution in [-0.4, -0.2) is 18.9 Å². The summed E-state index contributed by atoms with van der Waals surface area (Å²) in [7, 11) is -1.43. The Labute approximate surface area is 132 Å². The highest BCUT2D eigenvalue weighted by Gasteiger charge is 2.32. The van der Waals surface area contributed by atoms with Crippen molar-refractivity contribution in [1.82, 2.24) is 0 Å². The second kappa shape index (κ2) is 12.7. The van der Waals surface area contributed by atoms with Gasteiger partial charge in [-0.15, -0.1) is 0 Å². The molecule has 0 aliphatic carbocycles. The first-order chi connectivity index (χ1) is 10.00. The van der Waals surface area contributed by atoms with Crippen molar-refractivity contribution in [3.8, 4) is 0 Å². The number of hydrogen-bond donors (Lipinski definition) is 0. The first-order valence-corrected chi connectivity index (χ1v) is 10.4. The summed E-state index contributed by atoms with van der Waals surface area (Å²) in [4.78, 5) is 0. The third-order valence-corrected chi connectivity index (χ3v) is 6.56. The van der Waals surface area contributed by atoms with Crippen molar-refractivity contribution >= 4 is 7.60 Å². The van der Waals surface area contributed by atoms with Gasteiger partial charge in [0.1, 0.15) is 0 Å². The fourth-order valence-corrected chi connectivity index (χ4v) is 4.27. The minimum atomic E-state index is -2.95. The van der Waals surface area contributed by atoms with Crippen molar-refractivity contribution in [3.05, 3.63) is 0 Å². The van der Waals surface area contributed by atoms with Gasteiger partial charge in [-0.2, -0.15) is 0 Å². The van der Waals surface area contributed by atoms with Crippen molar-refractivity contribution < 1.29 is 13.6 Å². The van der Waals surface area contributed by atoms with Crippen LogP contribution >= 0.6 is 7.60 Å². The van der Waals surface area contributed by atoms with Gasteiger partial charge < -0.3 is 9.05 Å². The zero-order valence-electron chi connectivity index (χ0n) is 14.9. The molecule has 0 bridgehead atoms. The standard InChI is InChI=1S/C17H37O3P/c1-6-8-10-12-14-16(3)20-21(18,19-5)17(4)15-13-11-9-7-2/h16-17H,6-15H2,1-5H3. The van der Waals surface area contributed by atoms with Crippen LogP contribution in [0.5, 0.6) is 0 Å². The van der Waals surface area contributed by atoms with Crippen molar-refractivity contribution in [2.45, 2.75) is 104 Å². The minimum absolute atomic E-state index is 0.00236. The Balaban J connectivity index is 4.14. The van der Waals surface area contributed by atoms with Gasteiger partial charge in [0.2, 0.25) is 0 Å². The van der Waals surface area contributed by atoms with Crippen molar-refractivity contribution in [3.63, 3.8) is 0 Å². The molecule has 0 N–H and O–H groups in total. The van der Waals surface area contributed by atoms with Crippen LogP contribution in [0, 0.1) is 0 Å². The molecule has 0 fully saturated rings. The molecule has 0 radical (unpaired) electrons. The van der Waals surface area contributed by atoms with E-state index in [1.807, 2.05) is 13.8 Å². The fourth-order valence-electron chi connectivity index (χ4n) is 2.51. The van der Waals surface area contributed by atoms with Crippen LogP contribution in [0.25, 0.3) is 0 Å². The lowest BCUT2D eigenvalue weighted by Gasteiger charge is -2.26. The van der Waals surface area contributed by atoms with Gasteiger partial charge >= 0.3 is 7.60 Å². The maximum absolute atomic E-state index is 12.8. The highest BCUT2D eigenvalue weighted by Crippen LogP contribution is 2.55. The molecule has 0 aliphatic heterocycles. The molecule has 128 valence electrons. The predicted octanol–water partition coefficient (Wildman–Crippen LogP) is 6.56. The molecule has 0 saturated carbocycles. The Morgan fingerprint density at radius 3 is 1.86 bits per heavy atom. The SMILES string of the molecule is CCCCCCC(C)OP(=O)(OC)C(C)CCCCCC. The molecule has 0 aromatic rings. The molecule has 0 aliphatic rings. The largest absolute Gasteiger partial charge is 0.333 e. The smallest absolute Gasteiger partial charge is 0.312 e. The Bertz CT molecular complexity index is 281. The molecule has 0 rings (SSSR count). The normalized spacial score (nSPS) is 17.4. The van der Waals surface area contributed by atoms with E-state index in [0.717, 1.165) is 25.7 Å². The molecule has 0 saturated heterocycles. The van der Waals surface area contributed by atoms with E-state index in [1.54, 1.807) is 0 Å². The number of hydrogen-bond acceptors (Lipinski definition) is 3. The van der Waals surface area contributed by atoms with Crippen molar-refractivity contribution in [1.29, 1.82) is 0 Å². The Kier molecular flexibility index (Phi) is 12.8. The van der Waals surface area contributed by atoms with Crippen LogP contribution in [0.2, 0.25) is 0 Å². The summed E-state index contributed by atoms with van der Waals surface area (Å²) in [5, 5.41) is 0. The summed E-state index contributed by atoms with van der Waals surface area (Å²) in [6.07, 6.45) is 11.6. The highest BCUT2D eigenvalue weighted by atomic mass is 31.2. The molecular formula is C17H37O3P. The summed E-state index contributed by atoms with van der Waals surface area (Å²) in [5.41, 5.74) is -0.00236. The molecule has 0 aromatic heterocycles. The van der Waals surface area contributed by atoms with E-state index in [1.165, 1.54) is 45.6 Å². The maximum atomic E-state index is 12.8. The second-order valence-electron chi connectivity index (χ2n) is 6.19. The zero-order valence-corrected chi connectivity index (χ0v) is 15.8. The van der Waals surface area contributed by atoms with Crippen LogP contribution in [0.3, 0.4) is 0 Å². The van der Waals surface area contributed by atoms with Crippen LogP contribution in [-0.2, 0) is 13.6 Å². The van der Waals surface area contributed by atoms with E-state index >= 15 is 0 Å². The lowest BCUT2D eigenvalue weighted by Crippen LogP contribution is -2.14. The third-order valence-electron chi connectivity index (χ3n) is 4.06. The van der Waals surface area contributed by atoms with E-state index in [0.29, 0.717) is 0 Å². The molecular weight excluding hydrogens is 283 g/mol. The molecule has 0 aromatic carbocycles. The topological polar surface area (TPSA) is 35.5 Å². The summed E-state index contributed by atoms with van der Waals surface area (Å²) in [6.45, 7) is 8.42. The summed E-state index contributed by atoms with van der Waals surface area (Å²) >= 11 is 0. The van der Waals surface area contributed by atoms with Gasteiger partial charge in [-0.05, 0) is 19.8 Å². The van der Waals surface area contributed by atoms with Gasteiger partial charge in [-0.1, -0.05) is 72.1 Å². The van der Waals surface area contributed by atoms with Crippen LogP contribution in [0.4, 0.5) is 0 Å². The monoisotopic (exact) mass is 320 g/mol. The van der Waals surface area contributed by atoms with Crippen LogP contribution in [0.1, 0.15) is 91.9 Å². The molecule has 3 nitrogen and oxygen atoms in total. The quantitative estimate of drug-likeness (QED) is 0.268. The third kappa shape index (κ3) is 9.71. The van der Waals surface area contributed by atoms with Gasteiger partial charge in [-0.25, -0.2) is 0 Å². The molecule has 0 heterocycles. The van der Waals surface area contributed by atoms with Gasteiger partial charge in [0.15, 0.2) is 0 Å². The van der Waals surface area contributed by atoms with Crippen LogP contribution in [0.15, 0.2) is 0 Å². The van der Waals surface area contributed by atoms with Crippen LogP contribution < -0.4 is 0 Å². The van der Waals surface area contributed by atoms with E-state index in [4.69, 9.17) is 9.05 Å². The molecule has 0 spiro atoms. The predicted molar refractivity (Wildman–Crippen MR) is 92.1 cm³/mol. The Morgan fingerprint density at radius 1 is 0.857 bits per heavy atom. The fraction of sp³-hybridized carbons (Fsp3) is 1.00. The average Bonchev–Trinajstić information content (AvgIpc) is 2.47. The molecule has 21 heavy (non-hydrogen) atoms. The highest BCUT2D eigenvalue weighted by molar-refractivity contribution is 7.54. The van der Waals surface area contributed by atoms with E-state index in [2.05, 4.69) is 13.8 Å². The molecule has 4 heteroatoms. The zero-order chi connectivity index (χ0) is 16.1.